The Morgan fingerprint density at radius 2 is 1.86 bits per heavy atom. The zero-order chi connectivity index (χ0) is 19.9. The van der Waals surface area contributed by atoms with E-state index in [0.29, 0.717) is 36.4 Å². The number of aliphatic carboxylic acids is 1. The van der Waals surface area contributed by atoms with Crippen LogP contribution < -0.4 is 0 Å². The van der Waals surface area contributed by atoms with Crippen molar-refractivity contribution in [1.29, 1.82) is 0 Å². The number of halogens is 2. The van der Waals surface area contributed by atoms with Gasteiger partial charge in [0.1, 0.15) is 18.1 Å². The second-order valence-corrected chi connectivity index (χ2v) is 6.67. The number of hydrogen-bond acceptors (Lipinski definition) is 4. The molecule has 0 aromatic heterocycles. The molecule has 0 aliphatic carbocycles. The van der Waals surface area contributed by atoms with Crippen molar-refractivity contribution in [2.45, 2.75) is 13.3 Å². The van der Waals surface area contributed by atoms with Gasteiger partial charge in [0.2, 0.25) is 0 Å². The Labute approximate surface area is 175 Å². The SMILES string of the molecule is Cc1ccccc1/C(=N\OCCN1CCC=C(C(=O)O)C1)c1ccccc1F.Cl. The number of hydrogen-bond donors (Lipinski definition) is 1. The topological polar surface area (TPSA) is 62.1 Å². The second kappa shape index (κ2) is 10.7. The second-order valence-electron chi connectivity index (χ2n) is 6.67. The lowest BCUT2D eigenvalue weighted by Gasteiger charge is -2.24. The highest BCUT2D eigenvalue weighted by atomic mass is 35.5. The van der Waals surface area contributed by atoms with Gasteiger partial charge >= 0.3 is 5.97 Å². The van der Waals surface area contributed by atoms with Gasteiger partial charge in [-0.2, -0.15) is 0 Å². The number of rotatable bonds is 7. The van der Waals surface area contributed by atoms with Gasteiger partial charge in [-0.05, 0) is 31.0 Å². The van der Waals surface area contributed by atoms with E-state index < -0.39 is 5.97 Å². The first-order valence-electron chi connectivity index (χ1n) is 9.22. The molecule has 0 unspecified atom stereocenters. The predicted molar refractivity (Wildman–Crippen MR) is 113 cm³/mol. The molecule has 0 atom stereocenters. The Bertz CT molecular complexity index is 867. The number of carbonyl (C=O) groups is 1. The molecule has 2 aromatic carbocycles. The van der Waals surface area contributed by atoms with Gasteiger partial charge in [0.05, 0.1) is 0 Å². The van der Waals surface area contributed by atoms with E-state index in [0.717, 1.165) is 17.7 Å². The number of benzene rings is 2. The molecule has 3 rings (SSSR count). The molecule has 5 nitrogen and oxygen atoms in total. The van der Waals surface area contributed by atoms with Crippen molar-refractivity contribution < 1.29 is 19.1 Å². The van der Waals surface area contributed by atoms with Gasteiger partial charge in [-0.15, -0.1) is 12.4 Å². The normalized spacial score (nSPS) is 14.7. The van der Waals surface area contributed by atoms with Crippen molar-refractivity contribution in [3.63, 3.8) is 0 Å². The van der Waals surface area contributed by atoms with Crippen molar-refractivity contribution >= 4 is 24.1 Å². The maximum Gasteiger partial charge on any atom is 0.332 e. The van der Waals surface area contributed by atoms with Crippen molar-refractivity contribution in [1.82, 2.24) is 4.90 Å². The fraction of sp³-hybridized carbons (Fsp3) is 0.273. The zero-order valence-electron chi connectivity index (χ0n) is 16.2. The molecule has 0 amide bonds. The highest BCUT2D eigenvalue weighted by Crippen LogP contribution is 2.18. The van der Waals surface area contributed by atoms with Gasteiger partial charge in [0.15, 0.2) is 0 Å². The Hall–Kier alpha value is -2.70. The van der Waals surface area contributed by atoms with Crippen molar-refractivity contribution in [2.75, 3.05) is 26.2 Å². The number of oxime groups is 1. The molecule has 0 saturated heterocycles. The third kappa shape index (κ3) is 5.89. The maximum atomic E-state index is 14.4. The van der Waals surface area contributed by atoms with Crippen LogP contribution in [0.3, 0.4) is 0 Å². The summed E-state index contributed by atoms with van der Waals surface area (Å²) in [6.07, 6.45) is 2.46. The summed E-state index contributed by atoms with van der Waals surface area (Å²) >= 11 is 0. The summed E-state index contributed by atoms with van der Waals surface area (Å²) in [5.74, 6) is -1.24. The Balaban J connectivity index is 0.00000300. The smallest absolute Gasteiger partial charge is 0.332 e. The molecule has 1 heterocycles. The molecular formula is C22H24ClFN2O3. The summed E-state index contributed by atoms with van der Waals surface area (Å²) in [4.78, 5) is 18.6. The lowest BCUT2D eigenvalue weighted by Crippen LogP contribution is -2.34. The van der Waals surface area contributed by atoms with Gasteiger partial charge in [0, 0.05) is 36.3 Å². The number of aryl methyl sites for hydroxylation is 1. The molecule has 1 N–H and O–H groups in total. The lowest BCUT2D eigenvalue weighted by atomic mass is 9.98. The molecule has 29 heavy (non-hydrogen) atoms. The lowest BCUT2D eigenvalue weighted by molar-refractivity contribution is -0.133. The Morgan fingerprint density at radius 3 is 2.55 bits per heavy atom. The Morgan fingerprint density at radius 1 is 1.17 bits per heavy atom. The van der Waals surface area contributed by atoms with Crippen LogP contribution >= 0.6 is 12.4 Å². The summed E-state index contributed by atoms with van der Waals surface area (Å²) in [7, 11) is 0. The molecule has 0 fully saturated rings. The van der Waals surface area contributed by atoms with Crippen LogP contribution in [-0.2, 0) is 9.63 Å². The van der Waals surface area contributed by atoms with Crippen LogP contribution in [0.5, 0.6) is 0 Å². The van der Waals surface area contributed by atoms with Crippen molar-refractivity contribution in [2.24, 2.45) is 5.16 Å². The number of carboxylic acids is 1. The molecule has 154 valence electrons. The van der Waals surface area contributed by atoms with Gasteiger partial charge < -0.3 is 9.94 Å². The van der Waals surface area contributed by atoms with Gasteiger partial charge in [0.25, 0.3) is 0 Å². The molecule has 7 heteroatoms. The molecule has 0 radical (unpaired) electrons. The standard InChI is InChI=1S/C22H23FN2O3.ClH/c1-16-7-2-3-9-18(16)21(19-10-4-5-11-20(19)23)24-28-14-13-25-12-6-8-17(15-25)22(26)27;/h2-5,7-11H,6,12-15H2,1H3,(H,26,27);1H/b24-21+;. The highest BCUT2D eigenvalue weighted by Gasteiger charge is 2.18. The first-order chi connectivity index (χ1) is 13.6. The van der Waals surface area contributed by atoms with E-state index in [1.165, 1.54) is 6.07 Å². The number of carboxylic acid groups (broad SMARTS) is 1. The average molecular weight is 419 g/mol. The summed E-state index contributed by atoms with van der Waals surface area (Å²) in [6, 6.07) is 14.1. The fourth-order valence-electron chi connectivity index (χ4n) is 3.17. The molecule has 1 aliphatic rings. The van der Waals surface area contributed by atoms with Crippen LogP contribution in [0.1, 0.15) is 23.1 Å². The minimum Gasteiger partial charge on any atom is -0.478 e. The first-order valence-corrected chi connectivity index (χ1v) is 9.22. The largest absolute Gasteiger partial charge is 0.478 e. The summed E-state index contributed by atoms with van der Waals surface area (Å²) in [6.45, 7) is 3.95. The molecule has 2 aromatic rings. The van der Waals surface area contributed by atoms with E-state index >= 15 is 0 Å². The minimum atomic E-state index is -0.884. The van der Waals surface area contributed by atoms with E-state index in [9.17, 15) is 9.18 Å². The third-order valence-electron chi connectivity index (χ3n) is 4.69. The van der Waals surface area contributed by atoms with Crippen LogP contribution in [0.2, 0.25) is 0 Å². The van der Waals surface area contributed by atoms with Gasteiger partial charge in [-0.1, -0.05) is 47.6 Å². The third-order valence-corrected chi connectivity index (χ3v) is 4.69. The van der Waals surface area contributed by atoms with E-state index in [4.69, 9.17) is 9.94 Å². The number of nitrogens with zero attached hydrogens (tertiary/aromatic N) is 2. The van der Waals surface area contributed by atoms with E-state index in [1.807, 2.05) is 36.1 Å². The van der Waals surface area contributed by atoms with Crippen LogP contribution in [-0.4, -0.2) is 47.9 Å². The quantitative estimate of drug-likeness (QED) is 0.418. The van der Waals surface area contributed by atoms with Crippen LogP contribution in [0, 0.1) is 12.7 Å². The van der Waals surface area contributed by atoms with E-state index in [1.54, 1.807) is 24.3 Å². The minimum absolute atomic E-state index is 0. The highest BCUT2D eigenvalue weighted by molar-refractivity contribution is 6.13. The van der Waals surface area contributed by atoms with E-state index in [2.05, 4.69) is 5.16 Å². The van der Waals surface area contributed by atoms with Crippen LogP contribution in [0.25, 0.3) is 0 Å². The van der Waals surface area contributed by atoms with Crippen LogP contribution in [0.4, 0.5) is 4.39 Å². The van der Waals surface area contributed by atoms with Gasteiger partial charge in [-0.3, -0.25) is 4.90 Å². The van der Waals surface area contributed by atoms with Crippen molar-refractivity contribution in [3.8, 4) is 0 Å². The first kappa shape index (κ1) is 22.6. The molecular weight excluding hydrogens is 395 g/mol. The predicted octanol–water partition coefficient (Wildman–Crippen LogP) is 4.04. The van der Waals surface area contributed by atoms with Crippen molar-refractivity contribution in [3.05, 3.63) is 82.7 Å². The van der Waals surface area contributed by atoms with Crippen LogP contribution in [0.15, 0.2) is 65.3 Å². The maximum absolute atomic E-state index is 14.4. The van der Waals surface area contributed by atoms with E-state index in [-0.39, 0.29) is 24.8 Å². The molecule has 0 saturated carbocycles. The monoisotopic (exact) mass is 418 g/mol. The summed E-state index contributed by atoms with van der Waals surface area (Å²) < 4.78 is 14.4. The Kier molecular flexibility index (Phi) is 8.36. The summed E-state index contributed by atoms with van der Waals surface area (Å²) in [5, 5.41) is 13.4. The molecule has 1 aliphatic heterocycles. The fourth-order valence-corrected chi connectivity index (χ4v) is 3.17. The summed E-state index contributed by atoms with van der Waals surface area (Å²) in [5.41, 5.74) is 3.01. The zero-order valence-corrected chi connectivity index (χ0v) is 17.0. The van der Waals surface area contributed by atoms with Gasteiger partial charge in [-0.25, -0.2) is 9.18 Å². The molecule has 0 spiro atoms. The molecule has 0 bridgehead atoms. The average Bonchev–Trinajstić information content (AvgIpc) is 2.70.